The van der Waals surface area contributed by atoms with Gasteiger partial charge in [-0.05, 0) is 42.8 Å². The van der Waals surface area contributed by atoms with Crippen LogP contribution in [0.2, 0.25) is 0 Å². The summed E-state index contributed by atoms with van der Waals surface area (Å²) in [6.45, 7) is 1.28. The second-order valence-electron chi connectivity index (χ2n) is 5.92. The first-order valence-corrected chi connectivity index (χ1v) is 9.74. The normalized spacial score (nSPS) is 10.3. The largest absolute Gasteiger partial charge is 0.462 e. The van der Waals surface area contributed by atoms with Crippen molar-refractivity contribution >= 4 is 34.9 Å². The van der Waals surface area contributed by atoms with E-state index in [2.05, 4.69) is 10.3 Å². The van der Waals surface area contributed by atoms with E-state index in [-0.39, 0.29) is 28.7 Å². The number of nitrogens with zero attached hydrogens (tertiary/aromatic N) is 1. The SMILES string of the molecule is CCOC(=O)c1sc(-c2ccc(F)cc2)cc1NC(=O)COC(=O)c1ccccn1. The van der Waals surface area contributed by atoms with E-state index in [0.29, 0.717) is 10.4 Å². The van der Waals surface area contributed by atoms with Gasteiger partial charge in [0.1, 0.15) is 16.4 Å². The molecular weight excluding hydrogens is 411 g/mol. The molecule has 3 rings (SSSR count). The highest BCUT2D eigenvalue weighted by Gasteiger charge is 2.21. The number of anilines is 1. The molecule has 30 heavy (non-hydrogen) atoms. The molecule has 0 saturated heterocycles. The Hall–Kier alpha value is -3.59. The lowest BCUT2D eigenvalue weighted by Gasteiger charge is -2.07. The van der Waals surface area contributed by atoms with Gasteiger partial charge in [-0.1, -0.05) is 18.2 Å². The first kappa shape index (κ1) is 21.1. The zero-order valence-electron chi connectivity index (χ0n) is 15.9. The molecule has 154 valence electrons. The molecule has 2 aromatic heterocycles. The molecular formula is C21H17FN2O5S. The number of benzene rings is 1. The summed E-state index contributed by atoms with van der Waals surface area (Å²) in [5, 5.41) is 2.56. The number of aromatic nitrogens is 1. The van der Waals surface area contributed by atoms with Gasteiger partial charge in [-0.15, -0.1) is 11.3 Å². The minimum Gasteiger partial charge on any atom is -0.462 e. The number of ether oxygens (including phenoxy) is 2. The van der Waals surface area contributed by atoms with E-state index in [9.17, 15) is 18.8 Å². The molecule has 3 aromatic rings. The van der Waals surface area contributed by atoms with E-state index in [1.807, 2.05) is 0 Å². The number of esters is 2. The Morgan fingerprint density at radius 1 is 1.07 bits per heavy atom. The minimum atomic E-state index is -0.742. The molecule has 1 aromatic carbocycles. The second-order valence-corrected chi connectivity index (χ2v) is 6.97. The number of carbonyl (C=O) groups is 3. The number of halogens is 1. The van der Waals surface area contributed by atoms with E-state index < -0.39 is 24.5 Å². The Labute approximate surface area is 175 Å². The highest BCUT2D eigenvalue weighted by Crippen LogP contribution is 2.35. The highest BCUT2D eigenvalue weighted by atomic mass is 32.1. The molecule has 0 bridgehead atoms. The van der Waals surface area contributed by atoms with Crippen molar-refractivity contribution in [2.45, 2.75) is 6.92 Å². The van der Waals surface area contributed by atoms with Crippen molar-refractivity contribution in [2.75, 3.05) is 18.5 Å². The molecule has 0 radical (unpaired) electrons. The van der Waals surface area contributed by atoms with Gasteiger partial charge >= 0.3 is 11.9 Å². The number of carbonyl (C=O) groups excluding carboxylic acids is 3. The number of hydrogen-bond acceptors (Lipinski definition) is 7. The second kappa shape index (κ2) is 9.75. The lowest BCUT2D eigenvalue weighted by Crippen LogP contribution is -2.22. The molecule has 9 heteroatoms. The molecule has 0 fully saturated rings. The summed E-state index contributed by atoms with van der Waals surface area (Å²) in [6, 6.07) is 12.1. The molecule has 1 amide bonds. The minimum absolute atomic E-state index is 0.0756. The van der Waals surface area contributed by atoms with Gasteiger partial charge in [0.05, 0.1) is 12.3 Å². The monoisotopic (exact) mass is 428 g/mol. The van der Waals surface area contributed by atoms with E-state index in [4.69, 9.17) is 9.47 Å². The van der Waals surface area contributed by atoms with Crippen LogP contribution < -0.4 is 5.32 Å². The average molecular weight is 428 g/mol. The van der Waals surface area contributed by atoms with Crippen LogP contribution in [0, 0.1) is 5.82 Å². The van der Waals surface area contributed by atoms with E-state index in [0.717, 1.165) is 11.3 Å². The number of thiophene rings is 1. The van der Waals surface area contributed by atoms with Gasteiger partial charge in [0.2, 0.25) is 0 Å². The molecule has 7 nitrogen and oxygen atoms in total. The van der Waals surface area contributed by atoms with E-state index in [1.54, 1.807) is 37.3 Å². The fraction of sp³-hybridized carbons (Fsp3) is 0.143. The summed E-state index contributed by atoms with van der Waals surface area (Å²) in [7, 11) is 0. The third-order valence-corrected chi connectivity index (χ3v) is 4.97. The summed E-state index contributed by atoms with van der Waals surface area (Å²) < 4.78 is 23.2. The number of nitrogens with one attached hydrogen (secondary N) is 1. The van der Waals surface area contributed by atoms with Gasteiger partial charge in [-0.3, -0.25) is 4.79 Å². The van der Waals surface area contributed by atoms with Crippen molar-refractivity contribution in [3.8, 4) is 10.4 Å². The van der Waals surface area contributed by atoms with Crippen LogP contribution in [0.3, 0.4) is 0 Å². The van der Waals surface area contributed by atoms with Crippen LogP contribution >= 0.6 is 11.3 Å². The molecule has 2 heterocycles. The first-order chi connectivity index (χ1) is 14.5. The van der Waals surface area contributed by atoms with Crippen molar-refractivity contribution in [3.63, 3.8) is 0 Å². The van der Waals surface area contributed by atoms with Gasteiger partial charge in [0.15, 0.2) is 6.61 Å². The molecule has 0 aliphatic heterocycles. The van der Waals surface area contributed by atoms with Crippen molar-refractivity contribution in [3.05, 3.63) is 71.1 Å². The number of hydrogen-bond donors (Lipinski definition) is 1. The molecule has 0 atom stereocenters. The van der Waals surface area contributed by atoms with Crippen LogP contribution in [0.15, 0.2) is 54.7 Å². The van der Waals surface area contributed by atoms with Crippen LogP contribution in [-0.2, 0) is 14.3 Å². The van der Waals surface area contributed by atoms with Crippen LogP contribution in [0.5, 0.6) is 0 Å². The smallest absolute Gasteiger partial charge is 0.357 e. The Morgan fingerprint density at radius 3 is 2.50 bits per heavy atom. The van der Waals surface area contributed by atoms with Crippen LogP contribution in [-0.4, -0.2) is 36.0 Å². The summed E-state index contributed by atoms with van der Waals surface area (Å²) in [5.41, 5.74) is 0.970. The zero-order valence-corrected chi connectivity index (χ0v) is 16.7. The standard InChI is InChI=1S/C21H17FN2O5S/c1-2-28-21(27)19-16(11-17(30-19)13-6-8-14(22)9-7-13)24-18(25)12-29-20(26)15-5-3-4-10-23-15/h3-11H,2,12H2,1H3,(H,24,25). The van der Waals surface area contributed by atoms with Gasteiger partial charge < -0.3 is 14.8 Å². The number of rotatable bonds is 7. The molecule has 0 aliphatic carbocycles. The Morgan fingerprint density at radius 2 is 1.83 bits per heavy atom. The maximum Gasteiger partial charge on any atom is 0.357 e. The topological polar surface area (TPSA) is 94.6 Å². The summed E-state index contributed by atoms with van der Waals surface area (Å²) >= 11 is 1.10. The van der Waals surface area contributed by atoms with Crippen molar-refractivity contribution < 1.29 is 28.2 Å². The van der Waals surface area contributed by atoms with E-state index in [1.165, 1.54) is 24.4 Å². The quantitative estimate of drug-likeness (QED) is 0.573. The summed E-state index contributed by atoms with van der Waals surface area (Å²) in [6.07, 6.45) is 1.44. The lowest BCUT2D eigenvalue weighted by atomic mass is 10.2. The molecule has 0 saturated carbocycles. The van der Waals surface area contributed by atoms with Crippen molar-refractivity contribution in [2.24, 2.45) is 0 Å². The number of amides is 1. The van der Waals surface area contributed by atoms with Crippen LogP contribution in [0.25, 0.3) is 10.4 Å². The average Bonchev–Trinajstić information content (AvgIpc) is 3.17. The van der Waals surface area contributed by atoms with Gasteiger partial charge in [-0.2, -0.15) is 0 Å². The van der Waals surface area contributed by atoms with Crippen LogP contribution in [0.1, 0.15) is 27.1 Å². The molecule has 0 spiro atoms. The number of pyridine rings is 1. The third-order valence-electron chi connectivity index (χ3n) is 3.80. The lowest BCUT2D eigenvalue weighted by molar-refractivity contribution is -0.119. The predicted octanol–water partition coefficient (Wildman–Crippen LogP) is 3.92. The molecule has 1 N–H and O–H groups in total. The summed E-state index contributed by atoms with van der Waals surface area (Å²) in [4.78, 5) is 41.1. The highest BCUT2D eigenvalue weighted by molar-refractivity contribution is 7.18. The molecule has 0 unspecified atom stereocenters. The van der Waals surface area contributed by atoms with Gasteiger partial charge in [0, 0.05) is 11.1 Å². The first-order valence-electron chi connectivity index (χ1n) is 8.93. The zero-order chi connectivity index (χ0) is 21.5. The van der Waals surface area contributed by atoms with Gasteiger partial charge in [0.25, 0.3) is 5.91 Å². The maximum atomic E-state index is 13.2. The van der Waals surface area contributed by atoms with Gasteiger partial charge in [-0.25, -0.2) is 19.0 Å². The maximum absolute atomic E-state index is 13.2. The fourth-order valence-electron chi connectivity index (χ4n) is 2.46. The fourth-order valence-corrected chi connectivity index (χ4v) is 3.48. The van der Waals surface area contributed by atoms with Crippen LogP contribution in [0.4, 0.5) is 10.1 Å². The van der Waals surface area contributed by atoms with Crippen molar-refractivity contribution in [1.29, 1.82) is 0 Å². The third kappa shape index (κ3) is 5.26. The van der Waals surface area contributed by atoms with E-state index >= 15 is 0 Å². The Bertz CT molecular complexity index is 1050. The van der Waals surface area contributed by atoms with Crippen molar-refractivity contribution in [1.82, 2.24) is 4.98 Å². The Kier molecular flexibility index (Phi) is 6.87. The predicted molar refractivity (Wildman–Crippen MR) is 109 cm³/mol. The molecule has 0 aliphatic rings. The summed E-state index contributed by atoms with van der Waals surface area (Å²) in [5.74, 6) is -2.36. The Balaban J connectivity index is 1.74.